The summed E-state index contributed by atoms with van der Waals surface area (Å²) < 4.78 is 25.4. The lowest BCUT2D eigenvalue weighted by atomic mass is 10.1. The van der Waals surface area contributed by atoms with Crippen molar-refractivity contribution in [2.24, 2.45) is 9.98 Å². The van der Waals surface area contributed by atoms with Gasteiger partial charge in [-0.1, -0.05) is 11.6 Å². The Morgan fingerprint density at radius 3 is 2.53 bits per heavy atom. The molecule has 12 heteroatoms. The summed E-state index contributed by atoms with van der Waals surface area (Å²) in [6, 6.07) is 4.00. The van der Waals surface area contributed by atoms with Crippen molar-refractivity contribution < 1.29 is 13.7 Å². The van der Waals surface area contributed by atoms with Gasteiger partial charge in [0, 0.05) is 52.6 Å². The minimum atomic E-state index is -0.977. The van der Waals surface area contributed by atoms with Gasteiger partial charge in [0.1, 0.15) is 23.6 Å². The highest BCUT2D eigenvalue weighted by atomic mass is 35.5. The number of hydrogen-bond acceptors (Lipinski definition) is 9. The third-order valence-corrected chi connectivity index (χ3v) is 7.18. The Balaban J connectivity index is 2.16. The van der Waals surface area contributed by atoms with Crippen molar-refractivity contribution in [1.29, 1.82) is 0 Å². The lowest BCUT2D eigenvalue weighted by Crippen LogP contribution is -2.38. The largest absolute Gasteiger partial charge is 0.495 e. The fraction of sp³-hybridized carbons (Fsp3) is 0.583. The molecule has 0 radical (unpaired) electrons. The van der Waals surface area contributed by atoms with Crippen LogP contribution in [0, 0.1) is 0 Å². The molecule has 0 aromatic heterocycles. The predicted octanol–water partition coefficient (Wildman–Crippen LogP) is 3.06. The van der Waals surface area contributed by atoms with Crippen LogP contribution in [0.3, 0.4) is 0 Å². The second-order valence-corrected chi connectivity index (χ2v) is 10.4. The molecule has 1 aliphatic heterocycles. The molecule has 1 aliphatic rings. The van der Waals surface area contributed by atoms with Crippen LogP contribution in [0.25, 0.3) is 0 Å². The number of piperidine rings is 1. The maximum atomic E-state index is 11.7. The van der Waals surface area contributed by atoms with Gasteiger partial charge in [-0.05, 0) is 39.7 Å². The van der Waals surface area contributed by atoms with Crippen molar-refractivity contribution in [3.8, 4) is 5.75 Å². The van der Waals surface area contributed by atoms with Crippen LogP contribution >= 0.6 is 11.6 Å². The van der Waals surface area contributed by atoms with Gasteiger partial charge in [0.15, 0.2) is 0 Å². The quantitative estimate of drug-likeness (QED) is 0.293. The smallest absolute Gasteiger partial charge is 0.231 e. The van der Waals surface area contributed by atoms with E-state index in [0.29, 0.717) is 24.7 Å². The second kappa shape index (κ2) is 15.0. The van der Waals surface area contributed by atoms with Crippen molar-refractivity contribution in [3.63, 3.8) is 0 Å². The standard InChI is InChI=1S/C24H40ClN7O3S/c1-26-16-19(25)24(35-18-8-10-32(11-9-18)36(7)33)29-17-28-21-14-20(27-2)22(15-23(21)34-6)31(5)13-12-30(3)4/h14-16,18,27-28H,1,8-13,17H2,2-7H3/b19-16+,29-24+. The number of ether oxygens (including phenoxy) is 2. The number of likely N-dealkylation sites (N-methyl/N-ethyl adjacent to an activating group) is 2. The number of hydrogen-bond donors (Lipinski definition) is 2. The molecule has 0 saturated carbocycles. The van der Waals surface area contributed by atoms with Crippen molar-refractivity contribution in [2.75, 3.05) is 89.9 Å². The van der Waals surface area contributed by atoms with Gasteiger partial charge in [0.25, 0.3) is 0 Å². The van der Waals surface area contributed by atoms with Gasteiger partial charge in [0.2, 0.25) is 5.90 Å². The minimum Gasteiger partial charge on any atom is -0.495 e. The van der Waals surface area contributed by atoms with Gasteiger partial charge in [-0.25, -0.2) is 13.5 Å². The summed E-state index contributed by atoms with van der Waals surface area (Å²) in [4.78, 5) is 12.6. The molecule has 0 aliphatic carbocycles. The molecule has 2 N–H and O–H groups in total. The molecule has 1 fully saturated rings. The summed E-state index contributed by atoms with van der Waals surface area (Å²) in [5, 5.41) is 6.84. The fourth-order valence-electron chi connectivity index (χ4n) is 3.73. The Bertz CT molecular complexity index is 950. The molecule has 1 unspecified atom stereocenters. The number of nitrogens with zero attached hydrogens (tertiary/aromatic N) is 5. The highest BCUT2D eigenvalue weighted by molar-refractivity contribution is 7.81. The molecule has 0 spiro atoms. The summed E-state index contributed by atoms with van der Waals surface area (Å²) in [6.07, 6.45) is 4.50. The molecule has 202 valence electrons. The predicted molar refractivity (Wildman–Crippen MR) is 154 cm³/mol. The minimum absolute atomic E-state index is 0.0714. The Labute approximate surface area is 223 Å². The molecule has 10 nitrogen and oxygen atoms in total. The number of benzene rings is 1. The van der Waals surface area contributed by atoms with E-state index in [9.17, 15) is 4.21 Å². The molecule has 0 amide bonds. The summed E-state index contributed by atoms with van der Waals surface area (Å²) in [6.45, 7) is 6.87. The Hall–Kier alpha value is -2.34. The Morgan fingerprint density at radius 2 is 1.97 bits per heavy atom. The van der Waals surface area contributed by atoms with Gasteiger partial charge in [-0.2, -0.15) is 0 Å². The number of aliphatic imine (C=N–C) groups is 2. The van der Waals surface area contributed by atoms with E-state index in [1.165, 1.54) is 6.20 Å². The normalized spacial score (nSPS) is 16.6. The van der Waals surface area contributed by atoms with E-state index in [0.717, 1.165) is 43.0 Å². The lowest BCUT2D eigenvalue weighted by Gasteiger charge is -2.30. The van der Waals surface area contributed by atoms with E-state index in [4.69, 9.17) is 21.1 Å². The van der Waals surface area contributed by atoms with Crippen LogP contribution in [-0.4, -0.2) is 107 Å². The van der Waals surface area contributed by atoms with E-state index in [-0.39, 0.29) is 17.8 Å². The summed E-state index contributed by atoms with van der Waals surface area (Å²) in [7, 11) is 8.74. The maximum absolute atomic E-state index is 11.7. The number of methoxy groups -OCH3 is 1. The van der Waals surface area contributed by atoms with Gasteiger partial charge in [0.05, 0.1) is 41.4 Å². The van der Waals surface area contributed by atoms with E-state index >= 15 is 0 Å². The third kappa shape index (κ3) is 8.95. The SMILES string of the molecule is C=N/C=C(Cl)\C(=N/CNc1cc(NC)c(N(C)CCN(C)C)cc1OC)OC1CCN(S(C)=O)CC1. The first kappa shape index (κ1) is 29.9. The van der Waals surface area contributed by atoms with E-state index in [1.54, 1.807) is 13.4 Å². The van der Waals surface area contributed by atoms with Crippen molar-refractivity contribution in [2.45, 2.75) is 18.9 Å². The molecule has 1 atom stereocenters. The molecule has 0 bridgehead atoms. The van der Waals surface area contributed by atoms with E-state index in [2.05, 4.69) is 58.3 Å². The van der Waals surface area contributed by atoms with Gasteiger partial charge >= 0.3 is 0 Å². The molecular formula is C24H40ClN7O3S. The van der Waals surface area contributed by atoms with Crippen molar-refractivity contribution >= 4 is 52.3 Å². The first-order valence-corrected chi connectivity index (χ1v) is 13.7. The van der Waals surface area contributed by atoms with Crippen LogP contribution < -0.4 is 20.3 Å². The Morgan fingerprint density at radius 1 is 1.28 bits per heavy atom. The van der Waals surface area contributed by atoms with Gasteiger partial charge in [-0.15, -0.1) is 0 Å². The summed E-state index contributed by atoms with van der Waals surface area (Å²) in [5.74, 6) is 0.994. The molecule has 36 heavy (non-hydrogen) atoms. The van der Waals surface area contributed by atoms with E-state index < -0.39 is 11.0 Å². The average Bonchev–Trinajstić information content (AvgIpc) is 2.86. The number of halogens is 1. The van der Waals surface area contributed by atoms with Crippen molar-refractivity contribution in [1.82, 2.24) is 9.21 Å². The zero-order chi connectivity index (χ0) is 26.7. The molecular weight excluding hydrogens is 502 g/mol. The summed E-state index contributed by atoms with van der Waals surface area (Å²) in [5.41, 5.74) is 2.79. The fourth-order valence-corrected chi connectivity index (χ4v) is 4.63. The maximum Gasteiger partial charge on any atom is 0.231 e. The lowest BCUT2D eigenvalue weighted by molar-refractivity contribution is 0.127. The van der Waals surface area contributed by atoms with Crippen LogP contribution in [0.2, 0.25) is 0 Å². The van der Waals surface area contributed by atoms with Crippen LogP contribution in [0.5, 0.6) is 5.75 Å². The summed E-state index contributed by atoms with van der Waals surface area (Å²) >= 11 is 6.38. The highest BCUT2D eigenvalue weighted by Crippen LogP contribution is 2.36. The molecule has 1 aromatic carbocycles. The first-order valence-electron chi connectivity index (χ1n) is 11.8. The van der Waals surface area contributed by atoms with Crippen LogP contribution in [0.1, 0.15) is 12.8 Å². The van der Waals surface area contributed by atoms with Crippen LogP contribution in [0.4, 0.5) is 17.1 Å². The second-order valence-electron chi connectivity index (χ2n) is 8.67. The molecule has 1 heterocycles. The number of nitrogens with one attached hydrogen (secondary N) is 2. The van der Waals surface area contributed by atoms with Gasteiger partial charge < -0.3 is 29.9 Å². The van der Waals surface area contributed by atoms with Crippen LogP contribution in [-0.2, 0) is 15.7 Å². The molecule has 1 saturated heterocycles. The van der Waals surface area contributed by atoms with Crippen molar-refractivity contribution in [3.05, 3.63) is 23.4 Å². The zero-order valence-corrected chi connectivity index (χ0v) is 23.8. The van der Waals surface area contributed by atoms with Gasteiger partial charge in [-0.3, -0.25) is 4.99 Å². The molecule has 1 aromatic rings. The van der Waals surface area contributed by atoms with Crippen LogP contribution in [0.15, 0.2) is 33.3 Å². The Kier molecular flexibility index (Phi) is 12.5. The average molecular weight is 542 g/mol. The number of anilines is 3. The van der Waals surface area contributed by atoms with E-state index in [1.807, 2.05) is 23.5 Å². The highest BCUT2D eigenvalue weighted by Gasteiger charge is 2.24. The topological polar surface area (TPSA) is 94.0 Å². The molecule has 2 rings (SSSR count). The zero-order valence-electron chi connectivity index (χ0n) is 22.2. The third-order valence-electron chi connectivity index (χ3n) is 5.82. The monoisotopic (exact) mass is 541 g/mol. The number of rotatable bonds is 13. The first-order chi connectivity index (χ1) is 17.2.